The quantitative estimate of drug-likeness (QED) is 0.370. The maximum absolute atomic E-state index is 8.00. The van der Waals surface area contributed by atoms with Crippen LogP contribution < -0.4 is 0 Å². The van der Waals surface area contributed by atoms with Gasteiger partial charge in [0.1, 0.15) is 20.4 Å². The zero-order valence-corrected chi connectivity index (χ0v) is 8.21. The number of carbonyl (C=O) groups is 3. The Bertz CT molecular complexity index is 79.6. The van der Waals surface area contributed by atoms with E-state index in [0.29, 0.717) is 0 Å². The van der Waals surface area contributed by atoms with Gasteiger partial charge in [-0.15, -0.1) is 0 Å². The molecule has 0 atom stereocenters. The fourth-order valence-corrected chi connectivity index (χ4v) is 0.111. The Morgan fingerprint density at radius 3 is 1.25 bits per heavy atom. The van der Waals surface area contributed by atoms with Crippen LogP contribution in [0.15, 0.2) is 18.2 Å². The summed E-state index contributed by atoms with van der Waals surface area (Å²) in [6.07, 6.45) is 5.15. The first-order valence-electron chi connectivity index (χ1n) is 2.44. The van der Waals surface area contributed by atoms with Gasteiger partial charge in [-0.3, -0.25) is 6.58 Å². The van der Waals surface area contributed by atoms with Crippen LogP contribution in [-0.4, -0.2) is 20.4 Å². The van der Waals surface area contributed by atoms with Crippen molar-refractivity contribution in [1.82, 2.24) is 0 Å². The zero-order chi connectivity index (χ0) is 10.1. The molecule has 0 spiro atoms. The summed E-state index contributed by atoms with van der Waals surface area (Å²) in [6.45, 7) is 12.8. The SMILES string of the molecule is C=O.C=O.C=O.[CH-]=CC=CC.[Mn]. The fourth-order valence-electron chi connectivity index (χ4n) is 0.111. The van der Waals surface area contributed by atoms with Gasteiger partial charge in [0.15, 0.2) is 0 Å². The molecule has 0 unspecified atom stereocenters. The van der Waals surface area contributed by atoms with Crippen LogP contribution >= 0.6 is 0 Å². The molecule has 0 aromatic rings. The molecule has 0 aromatic carbocycles. The predicted octanol–water partition coefficient (Wildman–Crippen LogP) is 0.994. The van der Waals surface area contributed by atoms with Crippen LogP contribution in [0.3, 0.4) is 0 Å². The second kappa shape index (κ2) is 201. The van der Waals surface area contributed by atoms with Crippen molar-refractivity contribution in [3.05, 3.63) is 24.8 Å². The molecular weight excluding hydrogens is 199 g/mol. The first-order chi connectivity index (χ1) is 5.41. The number of hydrogen-bond donors (Lipinski definition) is 0. The van der Waals surface area contributed by atoms with Gasteiger partial charge in [-0.2, -0.15) is 6.08 Å². The summed E-state index contributed by atoms with van der Waals surface area (Å²) in [5.41, 5.74) is 0. The van der Waals surface area contributed by atoms with Crippen LogP contribution in [0.2, 0.25) is 0 Å². The summed E-state index contributed by atoms with van der Waals surface area (Å²) in [5.74, 6) is 0. The van der Waals surface area contributed by atoms with E-state index in [1.165, 1.54) is 6.08 Å². The van der Waals surface area contributed by atoms with Crippen LogP contribution in [0.4, 0.5) is 0 Å². The van der Waals surface area contributed by atoms with E-state index >= 15 is 0 Å². The molecule has 0 fully saturated rings. The van der Waals surface area contributed by atoms with E-state index in [0.717, 1.165) is 0 Å². The molecule has 4 heteroatoms. The van der Waals surface area contributed by atoms with E-state index in [2.05, 4.69) is 0 Å². The molecule has 0 amide bonds. The molecule has 0 heterocycles. The molecule has 12 heavy (non-hydrogen) atoms. The maximum Gasteiger partial charge on any atom is 0.106 e. The van der Waals surface area contributed by atoms with Crippen LogP contribution in [0.1, 0.15) is 6.92 Å². The van der Waals surface area contributed by atoms with Crippen molar-refractivity contribution in [2.75, 3.05) is 0 Å². The van der Waals surface area contributed by atoms with Crippen molar-refractivity contribution >= 4 is 20.4 Å². The largest absolute Gasteiger partial charge is 0.307 e. The van der Waals surface area contributed by atoms with Gasteiger partial charge in [0.05, 0.1) is 0 Å². The minimum atomic E-state index is 0. The minimum absolute atomic E-state index is 0. The average molecular weight is 212 g/mol. The molecule has 71 valence electrons. The first-order valence-corrected chi connectivity index (χ1v) is 2.44. The number of allylic oxidation sites excluding steroid dienone is 3. The zero-order valence-electron chi connectivity index (χ0n) is 7.03. The third-order valence-electron chi connectivity index (χ3n) is 0.304. The molecule has 3 nitrogen and oxygen atoms in total. The van der Waals surface area contributed by atoms with Crippen molar-refractivity contribution in [1.29, 1.82) is 0 Å². The summed E-state index contributed by atoms with van der Waals surface area (Å²) in [4.78, 5) is 24.0. The third kappa shape index (κ3) is 567. The van der Waals surface area contributed by atoms with Crippen molar-refractivity contribution in [3.8, 4) is 0 Å². The first kappa shape index (κ1) is 30.5. The van der Waals surface area contributed by atoms with E-state index in [9.17, 15) is 0 Å². The fraction of sp³-hybridized carbons (Fsp3) is 0.125. The van der Waals surface area contributed by atoms with E-state index in [4.69, 9.17) is 21.0 Å². The van der Waals surface area contributed by atoms with Gasteiger partial charge in [0.25, 0.3) is 0 Å². The molecule has 0 aliphatic rings. The minimum Gasteiger partial charge on any atom is -0.307 e. The van der Waals surface area contributed by atoms with E-state index < -0.39 is 0 Å². The molecule has 0 bridgehead atoms. The number of hydrogen-bond acceptors (Lipinski definition) is 3. The van der Waals surface area contributed by atoms with E-state index in [-0.39, 0.29) is 17.1 Å². The van der Waals surface area contributed by atoms with Crippen molar-refractivity contribution in [3.63, 3.8) is 0 Å². The predicted molar refractivity (Wildman–Crippen MR) is 45.0 cm³/mol. The molecule has 0 rings (SSSR count). The van der Waals surface area contributed by atoms with Gasteiger partial charge in [-0.25, -0.2) is 12.2 Å². The molecule has 0 saturated carbocycles. The molecule has 1 radical (unpaired) electrons. The van der Waals surface area contributed by atoms with E-state index in [1.807, 2.05) is 33.4 Å². The Kier molecular flexibility index (Phi) is 512. The monoisotopic (exact) mass is 212 g/mol. The van der Waals surface area contributed by atoms with Gasteiger partial charge < -0.3 is 14.4 Å². The van der Waals surface area contributed by atoms with Crippen molar-refractivity contribution in [2.45, 2.75) is 6.92 Å². The summed E-state index contributed by atoms with van der Waals surface area (Å²) >= 11 is 0. The van der Waals surface area contributed by atoms with E-state index in [1.54, 1.807) is 6.08 Å². The molecule has 0 aliphatic heterocycles. The van der Waals surface area contributed by atoms with Gasteiger partial charge >= 0.3 is 0 Å². The smallest absolute Gasteiger partial charge is 0.106 e. The number of carbonyl (C=O) groups excluding carboxylic acids is 3. The molecular formula is C8H13MnO3-. The molecule has 0 aliphatic carbocycles. The number of rotatable bonds is 1. The Balaban J connectivity index is -0.0000000203. The van der Waals surface area contributed by atoms with Crippen LogP contribution in [0.5, 0.6) is 0 Å². The summed E-state index contributed by atoms with van der Waals surface area (Å²) < 4.78 is 0. The standard InChI is InChI=1S/C5H7.3CH2O.Mn/c1-3-5-4-2;3*1-2;/h1,3-5H,2H3;3*1H2;/q-1;;;;. The van der Waals surface area contributed by atoms with Crippen LogP contribution in [-0.2, 0) is 31.5 Å². The van der Waals surface area contributed by atoms with Crippen LogP contribution in [0.25, 0.3) is 0 Å². The second-order valence-electron chi connectivity index (χ2n) is 0.718. The van der Waals surface area contributed by atoms with Gasteiger partial charge in [-0.1, -0.05) is 6.92 Å². The summed E-state index contributed by atoms with van der Waals surface area (Å²) in [6, 6.07) is 0. The normalized spacial score (nSPS) is 4.75. The van der Waals surface area contributed by atoms with Crippen molar-refractivity contribution < 1.29 is 31.5 Å². The molecule has 0 N–H and O–H groups in total. The molecule has 0 aromatic heterocycles. The Hall–Kier alpha value is -0.991. The molecule has 0 saturated heterocycles. The second-order valence-corrected chi connectivity index (χ2v) is 0.718. The maximum atomic E-state index is 8.00. The Morgan fingerprint density at radius 2 is 1.25 bits per heavy atom. The van der Waals surface area contributed by atoms with Crippen LogP contribution in [0, 0.1) is 6.58 Å². The summed E-state index contributed by atoms with van der Waals surface area (Å²) in [5, 5.41) is 0. The van der Waals surface area contributed by atoms with Gasteiger partial charge in [0, 0.05) is 17.1 Å². The third-order valence-corrected chi connectivity index (χ3v) is 0.304. The topological polar surface area (TPSA) is 51.2 Å². The average Bonchev–Trinajstić information content (AvgIpc) is 2.16. The summed E-state index contributed by atoms with van der Waals surface area (Å²) in [7, 11) is 0. The Labute approximate surface area is 84.0 Å². The van der Waals surface area contributed by atoms with Crippen molar-refractivity contribution in [2.24, 2.45) is 0 Å². The Morgan fingerprint density at radius 1 is 1.00 bits per heavy atom. The van der Waals surface area contributed by atoms with Gasteiger partial charge in [0.2, 0.25) is 0 Å². The van der Waals surface area contributed by atoms with Gasteiger partial charge in [-0.05, 0) is 0 Å².